The van der Waals surface area contributed by atoms with Gasteiger partial charge < -0.3 is 19.3 Å². The number of nitrogens with zero attached hydrogens (tertiary/aromatic N) is 4. The van der Waals surface area contributed by atoms with E-state index in [0.29, 0.717) is 53.5 Å². The lowest BCUT2D eigenvalue weighted by Crippen LogP contribution is -2.68. The van der Waals surface area contributed by atoms with Crippen LogP contribution in [0.15, 0.2) is 60.7 Å². The fourth-order valence-corrected chi connectivity index (χ4v) is 8.57. The zero-order chi connectivity index (χ0) is 34.6. The third-order valence-corrected chi connectivity index (χ3v) is 11.3. The van der Waals surface area contributed by atoms with Crippen molar-refractivity contribution >= 4 is 35.0 Å². The summed E-state index contributed by atoms with van der Waals surface area (Å²) in [7, 11) is 1.58. The SMILES string of the molecule is CCOc1cc(CN2C(=O)c3ccc(N4CCN(C5CC6(C5)CN(c5ccc(C7CCC(=O)NC7=O)cc5)C6)CC4)cc3C2=O)ccc1OC. The summed E-state index contributed by atoms with van der Waals surface area (Å²) in [4.78, 5) is 59.2. The van der Waals surface area contributed by atoms with Crippen LogP contribution >= 0.6 is 0 Å². The number of benzene rings is 3. The second-order valence-corrected chi connectivity index (χ2v) is 14.4. The fourth-order valence-electron chi connectivity index (χ4n) is 8.57. The van der Waals surface area contributed by atoms with Gasteiger partial charge in [-0.15, -0.1) is 0 Å². The number of carbonyl (C=O) groups is 4. The number of carbonyl (C=O) groups excluding carboxylic acids is 4. The summed E-state index contributed by atoms with van der Waals surface area (Å²) in [5.74, 6) is 0.0450. The number of hydrogen-bond donors (Lipinski definition) is 1. The third kappa shape index (κ3) is 5.77. The molecule has 1 N–H and O–H groups in total. The molecule has 50 heavy (non-hydrogen) atoms. The molecule has 4 amide bonds. The first kappa shape index (κ1) is 32.3. The van der Waals surface area contributed by atoms with Crippen molar-refractivity contribution in [3.63, 3.8) is 0 Å². The number of ether oxygens (including phenoxy) is 2. The van der Waals surface area contributed by atoms with Crippen LogP contribution in [0, 0.1) is 5.41 Å². The van der Waals surface area contributed by atoms with Gasteiger partial charge in [0, 0.05) is 68.5 Å². The van der Waals surface area contributed by atoms with Crippen LogP contribution in [0.1, 0.15) is 70.4 Å². The first-order chi connectivity index (χ1) is 24.2. The van der Waals surface area contributed by atoms with Crippen LogP contribution in [0.3, 0.4) is 0 Å². The molecule has 8 rings (SSSR count). The van der Waals surface area contributed by atoms with Gasteiger partial charge in [-0.1, -0.05) is 18.2 Å². The van der Waals surface area contributed by atoms with Crippen molar-refractivity contribution in [3.05, 3.63) is 82.9 Å². The van der Waals surface area contributed by atoms with Crippen molar-refractivity contribution in [1.29, 1.82) is 0 Å². The van der Waals surface area contributed by atoms with Gasteiger partial charge in [0.15, 0.2) is 11.5 Å². The molecule has 0 radical (unpaired) electrons. The molecular weight excluding hydrogens is 634 g/mol. The Hall–Kier alpha value is -4.90. The van der Waals surface area contributed by atoms with E-state index in [1.54, 1.807) is 19.2 Å². The second kappa shape index (κ2) is 12.8. The summed E-state index contributed by atoms with van der Waals surface area (Å²) in [6.07, 6.45) is 3.39. The zero-order valence-electron chi connectivity index (χ0n) is 28.7. The van der Waals surface area contributed by atoms with Crippen molar-refractivity contribution in [3.8, 4) is 11.5 Å². The summed E-state index contributed by atoms with van der Waals surface area (Å²) in [5, 5.41) is 2.46. The molecule has 3 saturated heterocycles. The van der Waals surface area contributed by atoms with E-state index in [9.17, 15) is 19.2 Å². The van der Waals surface area contributed by atoms with Gasteiger partial charge in [0.25, 0.3) is 11.8 Å². The molecule has 3 aromatic carbocycles. The molecule has 1 spiro atoms. The highest BCUT2D eigenvalue weighted by atomic mass is 16.5. The molecular formula is C39H43N5O6. The summed E-state index contributed by atoms with van der Waals surface area (Å²) >= 11 is 0. The Morgan fingerprint density at radius 1 is 0.800 bits per heavy atom. The molecule has 5 aliphatic rings. The smallest absolute Gasteiger partial charge is 0.261 e. The maximum Gasteiger partial charge on any atom is 0.261 e. The number of imide groups is 2. The number of rotatable bonds is 9. The van der Waals surface area contributed by atoms with Gasteiger partial charge in [0.2, 0.25) is 11.8 Å². The number of fused-ring (bicyclic) bond motifs is 1. The largest absolute Gasteiger partial charge is 0.493 e. The highest BCUT2D eigenvalue weighted by molar-refractivity contribution is 6.21. The average molecular weight is 678 g/mol. The number of anilines is 2. The molecule has 0 aromatic heterocycles. The lowest BCUT2D eigenvalue weighted by Gasteiger charge is -2.62. The minimum absolute atomic E-state index is 0.169. The van der Waals surface area contributed by atoms with Crippen molar-refractivity contribution in [2.75, 3.05) is 62.8 Å². The summed E-state index contributed by atoms with van der Waals surface area (Å²) in [6.45, 7) is 8.38. The molecule has 11 heteroatoms. The average Bonchev–Trinajstić information content (AvgIpc) is 3.32. The molecule has 0 bridgehead atoms. The van der Waals surface area contributed by atoms with Gasteiger partial charge in [-0.3, -0.25) is 34.3 Å². The molecule has 1 unspecified atom stereocenters. The minimum atomic E-state index is -0.270. The van der Waals surface area contributed by atoms with Crippen molar-refractivity contribution in [1.82, 2.24) is 15.1 Å². The van der Waals surface area contributed by atoms with Crippen LogP contribution in [0.25, 0.3) is 0 Å². The Labute approximate surface area is 292 Å². The van der Waals surface area contributed by atoms with Crippen molar-refractivity contribution < 1.29 is 28.7 Å². The highest BCUT2D eigenvalue weighted by Crippen LogP contribution is 2.51. The van der Waals surface area contributed by atoms with Crippen molar-refractivity contribution in [2.45, 2.75) is 51.1 Å². The molecule has 1 saturated carbocycles. The monoisotopic (exact) mass is 677 g/mol. The lowest BCUT2D eigenvalue weighted by molar-refractivity contribution is -0.134. The highest BCUT2D eigenvalue weighted by Gasteiger charge is 2.54. The van der Waals surface area contributed by atoms with E-state index >= 15 is 0 Å². The molecule has 1 aliphatic carbocycles. The van der Waals surface area contributed by atoms with E-state index in [-0.39, 0.29) is 36.1 Å². The topological polar surface area (TPSA) is 112 Å². The number of nitrogens with one attached hydrogen (secondary N) is 1. The Kier molecular flexibility index (Phi) is 8.25. The minimum Gasteiger partial charge on any atom is -0.493 e. The van der Waals surface area contributed by atoms with E-state index in [2.05, 4.69) is 32.1 Å². The quantitative estimate of drug-likeness (QED) is 0.333. The number of piperazine rings is 1. The summed E-state index contributed by atoms with van der Waals surface area (Å²) in [5.41, 5.74) is 5.26. The summed E-state index contributed by atoms with van der Waals surface area (Å²) < 4.78 is 11.1. The van der Waals surface area contributed by atoms with Gasteiger partial charge >= 0.3 is 0 Å². The molecule has 4 heterocycles. The molecule has 3 aromatic rings. The Morgan fingerprint density at radius 2 is 1.52 bits per heavy atom. The van der Waals surface area contributed by atoms with Gasteiger partial charge in [0.05, 0.1) is 37.3 Å². The van der Waals surface area contributed by atoms with E-state index < -0.39 is 0 Å². The van der Waals surface area contributed by atoms with E-state index in [1.807, 2.05) is 43.3 Å². The number of amides is 4. The van der Waals surface area contributed by atoms with Gasteiger partial charge in [-0.05, 0) is 79.8 Å². The lowest BCUT2D eigenvalue weighted by atomic mass is 9.60. The predicted molar refractivity (Wildman–Crippen MR) is 188 cm³/mol. The third-order valence-electron chi connectivity index (χ3n) is 11.3. The zero-order valence-corrected chi connectivity index (χ0v) is 28.7. The fraction of sp³-hybridized carbons (Fsp3) is 0.436. The number of methoxy groups -OCH3 is 1. The van der Waals surface area contributed by atoms with Crippen LogP contribution in [-0.4, -0.2) is 92.5 Å². The normalized spacial score (nSPS) is 22.0. The number of hydrogen-bond acceptors (Lipinski definition) is 9. The van der Waals surface area contributed by atoms with Crippen LogP contribution in [0.2, 0.25) is 0 Å². The maximum atomic E-state index is 13.5. The van der Waals surface area contributed by atoms with E-state index in [4.69, 9.17) is 9.47 Å². The summed E-state index contributed by atoms with van der Waals surface area (Å²) in [6, 6.07) is 20.0. The Bertz CT molecular complexity index is 1840. The van der Waals surface area contributed by atoms with Gasteiger partial charge in [0.1, 0.15) is 0 Å². The Morgan fingerprint density at radius 3 is 2.22 bits per heavy atom. The second-order valence-electron chi connectivity index (χ2n) is 14.4. The van der Waals surface area contributed by atoms with Crippen molar-refractivity contribution in [2.24, 2.45) is 5.41 Å². The molecule has 4 aliphatic heterocycles. The van der Waals surface area contributed by atoms with E-state index in [0.717, 1.165) is 56.1 Å². The first-order valence-corrected chi connectivity index (χ1v) is 17.7. The van der Waals surface area contributed by atoms with Crippen LogP contribution in [0.5, 0.6) is 11.5 Å². The van der Waals surface area contributed by atoms with Crippen LogP contribution < -0.4 is 24.6 Å². The maximum absolute atomic E-state index is 13.5. The van der Waals surface area contributed by atoms with Gasteiger partial charge in [-0.25, -0.2) is 0 Å². The first-order valence-electron chi connectivity index (χ1n) is 17.7. The van der Waals surface area contributed by atoms with E-state index in [1.165, 1.54) is 23.4 Å². The predicted octanol–water partition coefficient (Wildman–Crippen LogP) is 4.20. The van der Waals surface area contributed by atoms with Crippen LogP contribution in [-0.2, 0) is 16.1 Å². The standard InChI is InChI=1S/C39H43N5O6/c1-3-50-34-18-25(4-12-33(34)49-2)22-44-37(47)31-10-9-28(19-32(31)38(44)48)41-14-16-42(17-15-41)29-20-39(21-29)23-43(24-39)27-7-5-26(6-8-27)30-11-13-35(45)40-36(30)46/h4-10,12,18-19,29-30H,3,11,13-17,20-24H2,1-2H3,(H,40,45,46). The molecule has 260 valence electrons. The molecule has 4 fully saturated rings. The molecule has 1 atom stereocenters. The molecule has 11 nitrogen and oxygen atoms in total. The number of piperidine rings is 1. The van der Waals surface area contributed by atoms with Gasteiger partial charge in [-0.2, -0.15) is 0 Å². The Balaban J connectivity index is 0.823. The van der Waals surface area contributed by atoms with Crippen LogP contribution in [0.4, 0.5) is 11.4 Å².